The van der Waals surface area contributed by atoms with Gasteiger partial charge in [-0.05, 0) is 52.3 Å². The van der Waals surface area contributed by atoms with Gasteiger partial charge in [0.2, 0.25) is 0 Å². The molecular formula is C13H10Br2ClN3O. The van der Waals surface area contributed by atoms with E-state index in [0.717, 1.165) is 4.47 Å². The van der Waals surface area contributed by atoms with Crippen LogP contribution < -0.4 is 16.4 Å². The van der Waals surface area contributed by atoms with Gasteiger partial charge in [0.1, 0.15) is 0 Å². The van der Waals surface area contributed by atoms with Crippen molar-refractivity contribution in [2.45, 2.75) is 0 Å². The van der Waals surface area contributed by atoms with Gasteiger partial charge in [-0.25, -0.2) is 4.79 Å². The number of carbonyl (C=O) groups is 1. The number of hydrogen-bond donors (Lipinski definition) is 3. The molecular weight excluding hydrogens is 409 g/mol. The monoisotopic (exact) mass is 417 g/mol. The van der Waals surface area contributed by atoms with Gasteiger partial charge >= 0.3 is 6.03 Å². The quantitative estimate of drug-likeness (QED) is 0.594. The number of halogens is 3. The SMILES string of the molecule is Nc1cc(Br)cc(Br)c1NC(=O)Nc1ccc(Cl)cc1. The van der Waals surface area contributed by atoms with Crippen molar-refractivity contribution in [1.29, 1.82) is 0 Å². The lowest BCUT2D eigenvalue weighted by Gasteiger charge is -2.12. The van der Waals surface area contributed by atoms with Crippen LogP contribution in [0.4, 0.5) is 21.9 Å². The summed E-state index contributed by atoms with van der Waals surface area (Å²) in [6, 6.07) is 9.94. The second-order valence-corrected chi connectivity index (χ2v) is 6.14. The predicted octanol–water partition coefficient (Wildman–Crippen LogP) is 5.09. The Labute approximate surface area is 137 Å². The molecule has 2 rings (SSSR count). The van der Waals surface area contributed by atoms with Gasteiger partial charge in [0.15, 0.2) is 0 Å². The Bertz CT molecular complexity index is 624. The lowest BCUT2D eigenvalue weighted by molar-refractivity contribution is 0.262. The zero-order valence-corrected chi connectivity index (χ0v) is 14.0. The molecule has 0 spiro atoms. The molecule has 0 aliphatic rings. The van der Waals surface area contributed by atoms with Crippen LogP contribution in [-0.4, -0.2) is 6.03 Å². The van der Waals surface area contributed by atoms with Gasteiger partial charge in [-0.3, -0.25) is 0 Å². The van der Waals surface area contributed by atoms with Crippen molar-refractivity contribution in [3.63, 3.8) is 0 Å². The second kappa shape index (κ2) is 6.47. The standard InChI is InChI=1S/C13H10Br2ClN3O/c14-7-5-10(15)12(11(17)6-7)19-13(20)18-9-3-1-8(16)2-4-9/h1-6H,17H2,(H2,18,19,20). The first-order valence-corrected chi connectivity index (χ1v) is 7.50. The smallest absolute Gasteiger partial charge is 0.323 e. The first-order valence-electron chi connectivity index (χ1n) is 5.54. The van der Waals surface area contributed by atoms with Crippen LogP contribution in [0.15, 0.2) is 45.3 Å². The molecule has 2 amide bonds. The van der Waals surface area contributed by atoms with Gasteiger partial charge in [0.05, 0.1) is 11.4 Å². The molecule has 0 atom stereocenters. The van der Waals surface area contributed by atoms with Crippen molar-refractivity contribution in [3.8, 4) is 0 Å². The number of nitrogens with two attached hydrogens (primary N) is 1. The van der Waals surface area contributed by atoms with Crippen molar-refractivity contribution >= 4 is 66.6 Å². The van der Waals surface area contributed by atoms with Gasteiger partial charge in [0, 0.05) is 19.7 Å². The summed E-state index contributed by atoms with van der Waals surface area (Å²) in [7, 11) is 0. The van der Waals surface area contributed by atoms with Crippen molar-refractivity contribution in [2.75, 3.05) is 16.4 Å². The van der Waals surface area contributed by atoms with E-state index in [1.807, 2.05) is 0 Å². The van der Waals surface area contributed by atoms with E-state index in [1.54, 1.807) is 36.4 Å². The van der Waals surface area contributed by atoms with Crippen LogP contribution >= 0.6 is 43.5 Å². The average Bonchev–Trinajstić information content (AvgIpc) is 2.36. The summed E-state index contributed by atoms with van der Waals surface area (Å²) in [4.78, 5) is 11.9. The maximum absolute atomic E-state index is 11.9. The molecule has 4 nitrogen and oxygen atoms in total. The average molecular weight is 420 g/mol. The zero-order valence-electron chi connectivity index (χ0n) is 10.1. The summed E-state index contributed by atoms with van der Waals surface area (Å²) in [5.74, 6) is 0. The van der Waals surface area contributed by atoms with Crippen LogP contribution in [-0.2, 0) is 0 Å². The molecule has 0 saturated heterocycles. The third kappa shape index (κ3) is 3.88. The number of amides is 2. The molecule has 0 saturated carbocycles. The highest BCUT2D eigenvalue weighted by Gasteiger charge is 2.10. The lowest BCUT2D eigenvalue weighted by Crippen LogP contribution is -2.20. The molecule has 104 valence electrons. The predicted molar refractivity (Wildman–Crippen MR) is 90.3 cm³/mol. The molecule has 0 bridgehead atoms. The molecule has 0 aliphatic carbocycles. The normalized spacial score (nSPS) is 10.2. The van der Waals surface area contributed by atoms with E-state index in [2.05, 4.69) is 42.5 Å². The van der Waals surface area contributed by atoms with Gasteiger partial charge in [0.25, 0.3) is 0 Å². The summed E-state index contributed by atoms with van der Waals surface area (Å²) in [6.45, 7) is 0. The zero-order chi connectivity index (χ0) is 14.7. The van der Waals surface area contributed by atoms with Gasteiger partial charge < -0.3 is 16.4 Å². The Morgan fingerprint density at radius 2 is 1.75 bits per heavy atom. The molecule has 0 aliphatic heterocycles. The molecule has 0 aromatic heterocycles. The highest BCUT2D eigenvalue weighted by atomic mass is 79.9. The molecule has 0 heterocycles. The Hall–Kier alpha value is -1.24. The van der Waals surface area contributed by atoms with Crippen LogP contribution in [0, 0.1) is 0 Å². The van der Waals surface area contributed by atoms with Crippen LogP contribution in [0.2, 0.25) is 5.02 Å². The van der Waals surface area contributed by atoms with Crippen LogP contribution in [0.3, 0.4) is 0 Å². The fourth-order valence-corrected chi connectivity index (χ4v) is 3.02. The van der Waals surface area contributed by atoms with Gasteiger partial charge in [-0.15, -0.1) is 0 Å². The highest BCUT2D eigenvalue weighted by molar-refractivity contribution is 9.11. The largest absolute Gasteiger partial charge is 0.397 e. The van der Waals surface area contributed by atoms with Gasteiger partial charge in [-0.2, -0.15) is 0 Å². The third-order valence-corrected chi connectivity index (χ3v) is 3.76. The topological polar surface area (TPSA) is 67.1 Å². The molecule has 0 fully saturated rings. The number of carbonyl (C=O) groups excluding carboxylic acids is 1. The van der Waals surface area contributed by atoms with E-state index in [0.29, 0.717) is 26.6 Å². The van der Waals surface area contributed by atoms with Crippen LogP contribution in [0.1, 0.15) is 0 Å². The van der Waals surface area contributed by atoms with E-state index in [1.165, 1.54) is 0 Å². The van der Waals surface area contributed by atoms with Crippen molar-refractivity contribution in [1.82, 2.24) is 0 Å². The molecule has 2 aromatic carbocycles. The molecule has 4 N–H and O–H groups in total. The van der Waals surface area contributed by atoms with E-state index >= 15 is 0 Å². The van der Waals surface area contributed by atoms with Crippen LogP contribution in [0.5, 0.6) is 0 Å². The molecule has 7 heteroatoms. The number of rotatable bonds is 2. The number of nitrogens with one attached hydrogen (secondary N) is 2. The summed E-state index contributed by atoms with van der Waals surface area (Å²) in [5, 5.41) is 5.99. The minimum absolute atomic E-state index is 0.387. The van der Waals surface area contributed by atoms with Crippen molar-refractivity contribution in [2.24, 2.45) is 0 Å². The Kier molecular flexibility index (Phi) is 4.91. The molecule has 2 aromatic rings. The van der Waals surface area contributed by atoms with Crippen molar-refractivity contribution in [3.05, 3.63) is 50.4 Å². The van der Waals surface area contributed by atoms with E-state index < -0.39 is 0 Å². The Morgan fingerprint density at radius 1 is 1.10 bits per heavy atom. The number of hydrogen-bond acceptors (Lipinski definition) is 2. The number of nitrogen functional groups attached to an aromatic ring is 1. The van der Waals surface area contributed by atoms with E-state index in [4.69, 9.17) is 17.3 Å². The lowest BCUT2D eigenvalue weighted by atomic mass is 10.3. The minimum atomic E-state index is -0.387. The van der Waals surface area contributed by atoms with Crippen LogP contribution in [0.25, 0.3) is 0 Å². The minimum Gasteiger partial charge on any atom is -0.397 e. The van der Waals surface area contributed by atoms with E-state index in [9.17, 15) is 4.79 Å². The number of anilines is 3. The molecule has 0 radical (unpaired) electrons. The van der Waals surface area contributed by atoms with E-state index in [-0.39, 0.29) is 6.03 Å². The Morgan fingerprint density at radius 3 is 2.35 bits per heavy atom. The maximum Gasteiger partial charge on any atom is 0.323 e. The Balaban J connectivity index is 2.10. The highest BCUT2D eigenvalue weighted by Crippen LogP contribution is 2.32. The van der Waals surface area contributed by atoms with Gasteiger partial charge in [-0.1, -0.05) is 27.5 Å². The summed E-state index contributed by atoms with van der Waals surface area (Å²) in [5.41, 5.74) is 7.47. The maximum atomic E-state index is 11.9. The second-order valence-electron chi connectivity index (χ2n) is 3.94. The number of urea groups is 1. The summed E-state index contributed by atoms with van der Waals surface area (Å²) in [6.07, 6.45) is 0. The fraction of sp³-hybridized carbons (Fsp3) is 0. The fourth-order valence-electron chi connectivity index (χ4n) is 1.53. The first kappa shape index (κ1) is 15.2. The number of benzene rings is 2. The molecule has 0 unspecified atom stereocenters. The first-order chi connectivity index (χ1) is 9.45. The summed E-state index contributed by atoms with van der Waals surface area (Å²) < 4.78 is 1.51. The molecule has 20 heavy (non-hydrogen) atoms. The third-order valence-electron chi connectivity index (χ3n) is 2.43. The summed E-state index contributed by atoms with van der Waals surface area (Å²) >= 11 is 12.5. The van der Waals surface area contributed by atoms with Crippen molar-refractivity contribution < 1.29 is 4.79 Å².